The molecule has 8 heteroatoms. The molecule has 0 saturated carbocycles. The lowest BCUT2D eigenvalue weighted by molar-refractivity contribution is 0.625. The molecule has 3 rings (SSSR count). The van der Waals surface area contributed by atoms with Gasteiger partial charge in [-0.3, -0.25) is 4.40 Å². The molecule has 2 heterocycles. The van der Waals surface area contributed by atoms with Crippen LogP contribution in [0.5, 0.6) is 0 Å². The molecule has 2 N–H and O–H groups in total. The quantitative estimate of drug-likeness (QED) is 0.332. The summed E-state index contributed by atoms with van der Waals surface area (Å²) in [6, 6.07) is 12.3. The number of guanidine groups is 1. The van der Waals surface area contributed by atoms with Gasteiger partial charge in [-0.1, -0.05) is 18.2 Å². The smallest absolute Gasteiger partial charge is 0.191 e. The molecule has 0 aliphatic carbocycles. The SMILES string of the molecule is CCNC(=NCc1cccc(F)c1)NCCc1nnc2ccccn12.I. The number of hydrogen-bond donors (Lipinski definition) is 2. The van der Waals surface area contributed by atoms with Crippen molar-refractivity contribution in [2.24, 2.45) is 4.99 Å². The lowest BCUT2D eigenvalue weighted by Crippen LogP contribution is -2.38. The van der Waals surface area contributed by atoms with Crippen molar-refractivity contribution in [1.82, 2.24) is 25.2 Å². The topological polar surface area (TPSA) is 66.6 Å². The first kappa shape index (κ1) is 20.1. The van der Waals surface area contributed by atoms with Gasteiger partial charge in [0.05, 0.1) is 6.54 Å². The number of hydrogen-bond acceptors (Lipinski definition) is 3. The van der Waals surface area contributed by atoms with Crippen LogP contribution in [0.4, 0.5) is 4.39 Å². The summed E-state index contributed by atoms with van der Waals surface area (Å²) >= 11 is 0. The zero-order valence-corrected chi connectivity index (χ0v) is 16.9. The molecule has 0 amide bonds. The Balaban J connectivity index is 0.00000243. The van der Waals surface area contributed by atoms with Gasteiger partial charge in [-0.25, -0.2) is 9.38 Å². The highest BCUT2D eigenvalue weighted by atomic mass is 127. The summed E-state index contributed by atoms with van der Waals surface area (Å²) in [5.41, 5.74) is 1.67. The summed E-state index contributed by atoms with van der Waals surface area (Å²) in [5, 5.41) is 14.8. The molecule has 0 fully saturated rings. The highest BCUT2D eigenvalue weighted by Crippen LogP contribution is 2.05. The van der Waals surface area contributed by atoms with E-state index in [1.54, 1.807) is 6.07 Å². The fourth-order valence-corrected chi connectivity index (χ4v) is 2.50. The van der Waals surface area contributed by atoms with Gasteiger partial charge in [0.1, 0.15) is 11.6 Å². The molecule has 0 bridgehead atoms. The van der Waals surface area contributed by atoms with Crippen molar-refractivity contribution in [3.63, 3.8) is 0 Å². The maximum atomic E-state index is 13.2. The van der Waals surface area contributed by atoms with E-state index in [2.05, 4.69) is 25.8 Å². The van der Waals surface area contributed by atoms with Crippen LogP contribution in [0.3, 0.4) is 0 Å². The highest BCUT2D eigenvalue weighted by Gasteiger charge is 2.05. The Hall–Kier alpha value is -2.23. The largest absolute Gasteiger partial charge is 0.357 e. The number of aliphatic imine (C=N–C) groups is 1. The van der Waals surface area contributed by atoms with Crippen molar-refractivity contribution in [1.29, 1.82) is 0 Å². The average molecular weight is 468 g/mol. The minimum absolute atomic E-state index is 0. The summed E-state index contributed by atoms with van der Waals surface area (Å²) < 4.78 is 15.2. The van der Waals surface area contributed by atoms with Gasteiger partial charge >= 0.3 is 0 Å². The first-order chi connectivity index (χ1) is 12.3. The zero-order valence-electron chi connectivity index (χ0n) is 14.5. The number of nitrogens with zero attached hydrogens (tertiary/aromatic N) is 4. The maximum Gasteiger partial charge on any atom is 0.191 e. The van der Waals surface area contributed by atoms with E-state index in [0.29, 0.717) is 19.0 Å². The van der Waals surface area contributed by atoms with E-state index in [4.69, 9.17) is 0 Å². The van der Waals surface area contributed by atoms with Crippen molar-refractivity contribution >= 4 is 35.6 Å². The molecular formula is C18H22FIN6. The van der Waals surface area contributed by atoms with Crippen LogP contribution in [0.2, 0.25) is 0 Å². The Labute approximate surface area is 169 Å². The van der Waals surface area contributed by atoms with Crippen LogP contribution >= 0.6 is 24.0 Å². The van der Waals surface area contributed by atoms with Crippen LogP contribution in [0.25, 0.3) is 5.65 Å². The normalized spacial score (nSPS) is 11.2. The molecule has 0 saturated heterocycles. The van der Waals surface area contributed by atoms with Gasteiger partial charge in [-0.2, -0.15) is 0 Å². The number of benzene rings is 1. The Morgan fingerprint density at radius 2 is 2.04 bits per heavy atom. The summed E-state index contributed by atoms with van der Waals surface area (Å²) in [6.45, 7) is 3.85. The minimum Gasteiger partial charge on any atom is -0.357 e. The van der Waals surface area contributed by atoms with Crippen LogP contribution in [0.15, 0.2) is 53.7 Å². The third-order valence-electron chi connectivity index (χ3n) is 3.68. The number of rotatable bonds is 6. The van der Waals surface area contributed by atoms with E-state index >= 15 is 0 Å². The molecule has 26 heavy (non-hydrogen) atoms. The van der Waals surface area contributed by atoms with Crippen LogP contribution in [0, 0.1) is 5.82 Å². The molecule has 3 aromatic rings. The van der Waals surface area contributed by atoms with E-state index in [-0.39, 0.29) is 29.8 Å². The summed E-state index contributed by atoms with van der Waals surface area (Å²) in [5.74, 6) is 1.34. The Kier molecular flexibility index (Phi) is 7.76. The molecule has 1 aromatic carbocycles. The van der Waals surface area contributed by atoms with Crippen molar-refractivity contribution in [2.45, 2.75) is 19.9 Å². The molecular weight excluding hydrogens is 446 g/mol. The van der Waals surface area contributed by atoms with E-state index < -0.39 is 0 Å². The van der Waals surface area contributed by atoms with Gasteiger partial charge in [0.25, 0.3) is 0 Å². The molecule has 0 atom stereocenters. The Bertz CT molecular complexity index is 864. The van der Waals surface area contributed by atoms with Crippen LogP contribution < -0.4 is 10.6 Å². The van der Waals surface area contributed by atoms with Crippen LogP contribution in [-0.4, -0.2) is 33.6 Å². The summed E-state index contributed by atoms with van der Waals surface area (Å²) in [7, 11) is 0. The first-order valence-corrected chi connectivity index (χ1v) is 8.31. The van der Waals surface area contributed by atoms with Crippen molar-refractivity contribution in [3.8, 4) is 0 Å². The lowest BCUT2D eigenvalue weighted by atomic mass is 10.2. The predicted octanol–water partition coefficient (Wildman–Crippen LogP) is 2.78. The van der Waals surface area contributed by atoms with Crippen molar-refractivity contribution in [2.75, 3.05) is 13.1 Å². The number of fused-ring (bicyclic) bond motifs is 1. The Morgan fingerprint density at radius 1 is 1.15 bits per heavy atom. The third-order valence-corrected chi connectivity index (χ3v) is 3.68. The second kappa shape index (κ2) is 10.0. The van der Waals surface area contributed by atoms with Gasteiger partial charge in [0.15, 0.2) is 11.6 Å². The molecule has 0 unspecified atom stereocenters. The van der Waals surface area contributed by atoms with E-state index in [9.17, 15) is 4.39 Å². The summed E-state index contributed by atoms with van der Waals surface area (Å²) in [6.07, 6.45) is 2.67. The van der Waals surface area contributed by atoms with Gasteiger partial charge < -0.3 is 10.6 Å². The number of nitrogens with one attached hydrogen (secondary N) is 2. The number of pyridine rings is 1. The average Bonchev–Trinajstić information content (AvgIpc) is 3.03. The van der Waals surface area contributed by atoms with Gasteiger partial charge in [-0.15, -0.1) is 34.2 Å². The van der Waals surface area contributed by atoms with Crippen LogP contribution in [0.1, 0.15) is 18.3 Å². The lowest BCUT2D eigenvalue weighted by Gasteiger charge is -2.11. The van der Waals surface area contributed by atoms with Crippen molar-refractivity contribution < 1.29 is 4.39 Å². The highest BCUT2D eigenvalue weighted by molar-refractivity contribution is 14.0. The van der Waals surface area contributed by atoms with Crippen LogP contribution in [-0.2, 0) is 13.0 Å². The maximum absolute atomic E-state index is 13.2. The molecule has 0 aliphatic heterocycles. The summed E-state index contributed by atoms with van der Waals surface area (Å²) in [4.78, 5) is 4.49. The zero-order chi connectivity index (χ0) is 17.5. The monoisotopic (exact) mass is 468 g/mol. The molecule has 0 spiro atoms. The number of aromatic nitrogens is 3. The number of halogens is 2. The molecule has 6 nitrogen and oxygen atoms in total. The fourth-order valence-electron chi connectivity index (χ4n) is 2.50. The van der Waals surface area contributed by atoms with Gasteiger partial charge in [0, 0.05) is 25.7 Å². The predicted molar refractivity (Wildman–Crippen MR) is 111 cm³/mol. The first-order valence-electron chi connectivity index (χ1n) is 8.31. The fraction of sp³-hybridized carbons (Fsp3) is 0.278. The van der Waals surface area contributed by atoms with E-state index in [1.807, 2.05) is 41.8 Å². The second-order valence-corrected chi connectivity index (χ2v) is 5.55. The van der Waals surface area contributed by atoms with E-state index in [1.165, 1.54) is 12.1 Å². The van der Waals surface area contributed by atoms with E-state index in [0.717, 1.165) is 30.0 Å². The van der Waals surface area contributed by atoms with Gasteiger partial charge in [-0.05, 0) is 36.8 Å². The molecule has 0 aliphatic rings. The van der Waals surface area contributed by atoms with Crippen molar-refractivity contribution in [3.05, 3.63) is 65.9 Å². The second-order valence-electron chi connectivity index (χ2n) is 5.55. The third kappa shape index (κ3) is 5.38. The molecule has 138 valence electrons. The minimum atomic E-state index is -0.246. The molecule has 2 aromatic heterocycles. The standard InChI is InChI=1S/C18H21FN6.HI/c1-2-20-18(22-13-14-6-5-7-15(19)12-14)21-10-9-17-24-23-16-8-3-4-11-25(16)17;/h3-8,11-12H,2,9-10,13H2,1H3,(H2,20,21,22);1H. The van der Waals surface area contributed by atoms with Gasteiger partial charge in [0.2, 0.25) is 0 Å². The Morgan fingerprint density at radius 3 is 2.85 bits per heavy atom. The molecule has 0 radical (unpaired) electrons.